The molecular formula is C11H13ClN2O2S. The Bertz CT molecular complexity index is 492. The molecule has 0 aromatic heterocycles. The number of carbonyl (C=O) groups excluding carboxylic acids is 1. The maximum absolute atomic E-state index is 12.3. The second-order valence-corrected chi connectivity index (χ2v) is 6.06. The molecule has 1 amide bonds. The minimum absolute atomic E-state index is 0.0947. The summed E-state index contributed by atoms with van der Waals surface area (Å²) < 4.78 is 12.3. The summed E-state index contributed by atoms with van der Waals surface area (Å²) in [6.45, 7) is 0.635. The number of nitrogen functional groups attached to an aromatic ring is 1. The Morgan fingerprint density at radius 1 is 1.53 bits per heavy atom. The lowest BCUT2D eigenvalue weighted by atomic mass is 10.3. The summed E-state index contributed by atoms with van der Waals surface area (Å²) in [7, 11) is 0.277. The van der Waals surface area contributed by atoms with Crippen LogP contribution in [0.15, 0.2) is 23.1 Å². The van der Waals surface area contributed by atoms with Crippen LogP contribution in [0, 0.1) is 0 Å². The lowest BCUT2D eigenvalue weighted by molar-refractivity contribution is -0.126. The van der Waals surface area contributed by atoms with E-state index < -0.39 is 16.0 Å². The summed E-state index contributed by atoms with van der Waals surface area (Å²) in [4.78, 5) is 13.8. The van der Waals surface area contributed by atoms with Crippen LogP contribution < -0.4 is 5.73 Å². The van der Waals surface area contributed by atoms with E-state index in [1.807, 2.05) is 0 Å². The molecular weight excluding hydrogens is 260 g/mol. The highest BCUT2D eigenvalue weighted by Gasteiger charge is 2.35. The number of benzene rings is 1. The van der Waals surface area contributed by atoms with Gasteiger partial charge in [0.15, 0.2) is 0 Å². The van der Waals surface area contributed by atoms with E-state index in [0.29, 0.717) is 28.6 Å². The largest absolute Gasteiger partial charge is 0.398 e. The minimum Gasteiger partial charge on any atom is -0.398 e. The van der Waals surface area contributed by atoms with Gasteiger partial charge in [-0.1, -0.05) is 11.6 Å². The van der Waals surface area contributed by atoms with Crippen molar-refractivity contribution in [3.05, 3.63) is 23.2 Å². The molecule has 2 N–H and O–H groups in total. The Hall–Kier alpha value is -1.07. The fourth-order valence-electron chi connectivity index (χ4n) is 1.82. The average Bonchev–Trinajstić information content (AvgIpc) is 2.62. The normalized spacial score (nSPS) is 21.9. The van der Waals surface area contributed by atoms with Gasteiger partial charge in [0.2, 0.25) is 5.91 Å². The molecule has 1 heterocycles. The number of nitrogens with zero attached hydrogens (tertiary/aromatic N) is 1. The summed E-state index contributed by atoms with van der Waals surface area (Å²) in [6.07, 6.45) is 0.591. The van der Waals surface area contributed by atoms with Crippen molar-refractivity contribution in [1.82, 2.24) is 4.90 Å². The zero-order chi connectivity index (χ0) is 12.6. The first-order chi connectivity index (χ1) is 8.00. The second-order valence-electron chi connectivity index (χ2n) is 4.02. The molecule has 1 aromatic carbocycles. The van der Waals surface area contributed by atoms with Gasteiger partial charge in [-0.15, -0.1) is 0 Å². The van der Waals surface area contributed by atoms with Crippen LogP contribution in [0.25, 0.3) is 0 Å². The van der Waals surface area contributed by atoms with Crippen LogP contribution in [0.3, 0.4) is 0 Å². The first-order valence-corrected chi connectivity index (χ1v) is 6.80. The van der Waals surface area contributed by atoms with Crippen molar-refractivity contribution in [3.8, 4) is 0 Å². The van der Waals surface area contributed by atoms with E-state index in [1.54, 1.807) is 30.1 Å². The molecule has 2 unspecified atom stereocenters. The molecule has 2 rings (SSSR count). The molecule has 17 heavy (non-hydrogen) atoms. The Morgan fingerprint density at radius 2 is 2.24 bits per heavy atom. The Labute approximate surface area is 107 Å². The Morgan fingerprint density at radius 3 is 2.82 bits per heavy atom. The van der Waals surface area contributed by atoms with Gasteiger partial charge in [-0.3, -0.25) is 9.00 Å². The number of halogens is 1. The van der Waals surface area contributed by atoms with Gasteiger partial charge in [0.05, 0.1) is 15.7 Å². The molecule has 1 fully saturated rings. The van der Waals surface area contributed by atoms with Gasteiger partial charge in [-0.05, 0) is 24.6 Å². The first-order valence-electron chi connectivity index (χ1n) is 5.21. The lowest BCUT2D eigenvalue weighted by Crippen LogP contribution is -2.28. The maximum Gasteiger partial charge on any atom is 0.238 e. The first kappa shape index (κ1) is 12.4. The van der Waals surface area contributed by atoms with Gasteiger partial charge in [0.1, 0.15) is 5.25 Å². The molecule has 1 aliphatic rings. The van der Waals surface area contributed by atoms with E-state index >= 15 is 0 Å². The van der Waals surface area contributed by atoms with E-state index in [9.17, 15) is 9.00 Å². The van der Waals surface area contributed by atoms with Crippen LogP contribution in [0.2, 0.25) is 5.02 Å². The quantitative estimate of drug-likeness (QED) is 0.825. The van der Waals surface area contributed by atoms with Crippen molar-refractivity contribution >= 4 is 34.0 Å². The fraction of sp³-hybridized carbons (Fsp3) is 0.364. The number of rotatable bonds is 2. The topological polar surface area (TPSA) is 63.4 Å². The number of anilines is 1. The average molecular weight is 273 g/mol. The van der Waals surface area contributed by atoms with E-state index in [2.05, 4.69) is 0 Å². The predicted molar refractivity (Wildman–Crippen MR) is 68.3 cm³/mol. The fourth-order valence-corrected chi connectivity index (χ4v) is 3.59. The van der Waals surface area contributed by atoms with Gasteiger partial charge < -0.3 is 10.6 Å². The number of nitrogens with two attached hydrogens (primary N) is 1. The van der Waals surface area contributed by atoms with Crippen LogP contribution >= 0.6 is 11.6 Å². The number of hydrogen-bond donors (Lipinski definition) is 1. The molecule has 0 spiro atoms. The van der Waals surface area contributed by atoms with Crippen molar-refractivity contribution in [1.29, 1.82) is 0 Å². The van der Waals surface area contributed by atoms with Crippen LogP contribution in [-0.4, -0.2) is 33.9 Å². The highest BCUT2D eigenvalue weighted by molar-refractivity contribution is 7.86. The van der Waals surface area contributed by atoms with Crippen LogP contribution in [0.1, 0.15) is 6.42 Å². The van der Waals surface area contributed by atoms with E-state index in [1.165, 1.54) is 0 Å². The summed E-state index contributed by atoms with van der Waals surface area (Å²) in [5.41, 5.74) is 6.17. The molecule has 1 saturated heterocycles. The molecule has 92 valence electrons. The van der Waals surface area contributed by atoms with Gasteiger partial charge >= 0.3 is 0 Å². The molecule has 0 aliphatic carbocycles. The van der Waals surface area contributed by atoms with Crippen molar-refractivity contribution in [2.45, 2.75) is 16.6 Å². The molecule has 1 aliphatic heterocycles. The van der Waals surface area contributed by atoms with Gasteiger partial charge in [-0.25, -0.2) is 0 Å². The van der Waals surface area contributed by atoms with Crippen molar-refractivity contribution < 1.29 is 9.00 Å². The Balaban J connectivity index is 2.31. The second kappa shape index (κ2) is 4.66. The number of carbonyl (C=O) groups is 1. The molecule has 4 nitrogen and oxygen atoms in total. The lowest BCUT2D eigenvalue weighted by Gasteiger charge is -2.12. The SMILES string of the molecule is CN1CCC(S(=O)c2cc(Cl)ccc2N)C1=O. The van der Waals surface area contributed by atoms with E-state index in [0.717, 1.165) is 0 Å². The predicted octanol–water partition coefficient (Wildman–Crippen LogP) is 1.26. The van der Waals surface area contributed by atoms with Crippen LogP contribution in [-0.2, 0) is 15.6 Å². The highest BCUT2D eigenvalue weighted by Crippen LogP contribution is 2.27. The minimum atomic E-state index is -1.43. The monoisotopic (exact) mass is 272 g/mol. The summed E-state index contributed by atoms with van der Waals surface area (Å²) in [5, 5.41) is -0.0258. The summed E-state index contributed by atoms with van der Waals surface area (Å²) in [6, 6.07) is 4.82. The third kappa shape index (κ3) is 2.30. The van der Waals surface area contributed by atoms with Gasteiger partial charge in [-0.2, -0.15) is 0 Å². The molecule has 0 bridgehead atoms. The molecule has 2 atom stereocenters. The van der Waals surface area contributed by atoms with Crippen molar-refractivity contribution in [2.75, 3.05) is 19.3 Å². The van der Waals surface area contributed by atoms with E-state index in [4.69, 9.17) is 17.3 Å². The van der Waals surface area contributed by atoms with Crippen LogP contribution in [0.5, 0.6) is 0 Å². The molecule has 6 heteroatoms. The van der Waals surface area contributed by atoms with Crippen LogP contribution in [0.4, 0.5) is 5.69 Å². The number of amides is 1. The third-order valence-electron chi connectivity index (χ3n) is 2.83. The van der Waals surface area contributed by atoms with Gasteiger partial charge in [0, 0.05) is 24.3 Å². The summed E-state index contributed by atoms with van der Waals surface area (Å²) >= 11 is 5.85. The van der Waals surface area contributed by atoms with Crippen molar-refractivity contribution in [2.24, 2.45) is 0 Å². The maximum atomic E-state index is 12.3. The smallest absolute Gasteiger partial charge is 0.238 e. The molecule has 0 saturated carbocycles. The zero-order valence-electron chi connectivity index (χ0n) is 9.35. The van der Waals surface area contributed by atoms with Crippen molar-refractivity contribution in [3.63, 3.8) is 0 Å². The molecule has 1 aromatic rings. The standard InChI is InChI=1S/C11H13ClN2O2S/c1-14-5-4-9(11(14)15)17(16)10-6-7(12)2-3-8(10)13/h2-3,6,9H,4-5,13H2,1H3. The summed E-state index contributed by atoms with van der Waals surface area (Å²) in [5.74, 6) is -0.0947. The zero-order valence-corrected chi connectivity index (χ0v) is 10.9. The highest BCUT2D eigenvalue weighted by atomic mass is 35.5. The molecule has 0 radical (unpaired) electrons. The number of hydrogen-bond acceptors (Lipinski definition) is 3. The number of likely N-dealkylation sites (tertiary alicyclic amines) is 1. The third-order valence-corrected chi connectivity index (χ3v) is 4.81. The van der Waals surface area contributed by atoms with Gasteiger partial charge in [0.25, 0.3) is 0 Å². The van der Waals surface area contributed by atoms with E-state index in [-0.39, 0.29) is 5.91 Å². The Kier molecular flexibility index (Phi) is 3.40.